The van der Waals surface area contributed by atoms with Gasteiger partial charge in [-0.3, -0.25) is 0 Å². The fourth-order valence-electron chi connectivity index (χ4n) is 1.26. The molecule has 1 aliphatic carbocycles. The zero-order valence-corrected chi connectivity index (χ0v) is 9.18. The summed E-state index contributed by atoms with van der Waals surface area (Å²) in [6.07, 6.45) is 4.58. The second-order valence-electron chi connectivity index (χ2n) is 3.90. The molecule has 0 saturated heterocycles. The van der Waals surface area contributed by atoms with Crippen LogP contribution >= 0.6 is 11.3 Å². The van der Waals surface area contributed by atoms with Crippen LogP contribution in [0.4, 0.5) is 0 Å². The highest BCUT2D eigenvalue weighted by Crippen LogP contribution is 2.41. The van der Waals surface area contributed by atoms with Gasteiger partial charge in [0.2, 0.25) is 0 Å². The first-order valence-corrected chi connectivity index (χ1v) is 5.90. The Bertz CT molecular complexity index is 296. The topological polar surface area (TPSA) is 45.1 Å². The first kappa shape index (κ1) is 10.1. The van der Waals surface area contributed by atoms with Gasteiger partial charge in [-0.1, -0.05) is 0 Å². The van der Waals surface area contributed by atoms with Crippen LogP contribution in [0, 0.1) is 0 Å². The fourth-order valence-corrected chi connectivity index (χ4v) is 2.30. The second kappa shape index (κ2) is 4.38. The molecule has 2 rings (SSSR count). The Morgan fingerprint density at radius 1 is 1.71 bits per heavy atom. The molecule has 0 unspecified atom stereocenters. The Hall–Kier alpha value is -0.450. The summed E-state index contributed by atoms with van der Waals surface area (Å²) in [6.45, 7) is 2.99. The molecular formula is C10H16N2OS. The maximum Gasteiger partial charge on any atom is 0.0959 e. The molecular weight excluding hydrogens is 196 g/mol. The maximum absolute atomic E-state index is 8.84. The molecule has 1 fully saturated rings. The molecule has 0 spiro atoms. The molecule has 14 heavy (non-hydrogen) atoms. The minimum Gasteiger partial charge on any atom is -0.395 e. The second-order valence-corrected chi connectivity index (χ2v) is 5.05. The summed E-state index contributed by atoms with van der Waals surface area (Å²) in [7, 11) is 0. The predicted octanol–water partition coefficient (Wildman–Crippen LogP) is 1.49. The van der Waals surface area contributed by atoms with E-state index >= 15 is 0 Å². The van der Waals surface area contributed by atoms with Gasteiger partial charge in [0.15, 0.2) is 0 Å². The summed E-state index contributed by atoms with van der Waals surface area (Å²) >= 11 is 1.80. The van der Waals surface area contributed by atoms with Gasteiger partial charge in [0.25, 0.3) is 0 Å². The number of aliphatic hydroxyl groups is 1. The van der Waals surface area contributed by atoms with Crippen molar-refractivity contribution in [2.45, 2.75) is 38.3 Å². The van der Waals surface area contributed by atoms with E-state index in [1.165, 1.54) is 22.7 Å². The van der Waals surface area contributed by atoms with Gasteiger partial charge in [-0.15, -0.1) is 11.3 Å². The van der Waals surface area contributed by atoms with Crippen LogP contribution in [0.3, 0.4) is 0 Å². The van der Waals surface area contributed by atoms with E-state index in [1.54, 1.807) is 11.3 Å². The Morgan fingerprint density at radius 3 is 3.14 bits per heavy atom. The summed E-state index contributed by atoms with van der Waals surface area (Å²) in [5.74, 6) is 0.754. The van der Waals surface area contributed by atoms with E-state index in [0.717, 1.165) is 12.5 Å². The van der Waals surface area contributed by atoms with Crippen LogP contribution in [0.5, 0.6) is 0 Å². The summed E-state index contributed by atoms with van der Waals surface area (Å²) < 4.78 is 0. The Balaban J connectivity index is 1.83. The average molecular weight is 212 g/mol. The largest absolute Gasteiger partial charge is 0.395 e. The summed E-state index contributed by atoms with van der Waals surface area (Å²) in [5.41, 5.74) is 0. The van der Waals surface area contributed by atoms with Crippen molar-refractivity contribution in [3.63, 3.8) is 0 Å². The third-order valence-electron chi connectivity index (χ3n) is 2.40. The van der Waals surface area contributed by atoms with Gasteiger partial charge >= 0.3 is 0 Å². The summed E-state index contributed by atoms with van der Waals surface area (Å²) in [6, 6.07) is 0.168. The molecule has 1 saturated carbocycles. The van der Waals surface area contributed by atoms with Crippen molar-refractivity contribution < 1.29 is 5.11 Å². The van der Waals surface area contributed by atoms with Gasteiger partial charge < -0.3 is 10.4 Å². The van der Waals surface area contributed by atoms with E-state index in [2.05, 4.69) is 10.3 Å². The minimum absolute atomic E-state index is 0.168. The normalized spacial score (nSPS) is 18.4. The van der Waals surface area contributed by atoms with E-state index in [0.29, 0.717) is 0 Å². The number of nitrogens with one attached hydrogen (secondary N) is 1. The lowest BCUT2D eigenvalue weighted by Gasteiger charge is -2.08. The lowest BCUT2D eigenvalue weighted by molar-refractivity contribution is 0.251. The standard InChI is InChI=1S/C10H16N2OS/c1-7(6-13)11-4-9-5-12-10(14-9)8-2-3-8/h5,7-8,11,13H,2-4,6H2,1H3/t7-/m0/s1. The van der Waals surface area contributed by atoms with Crippen molar-refractivity contribution in [1.82, 2.24) is 10.3 Å². The molecule has 4 heteroatoms. The fraction of sp³-hybridized carbons (Fsp3) is 0.700. The minimum atomic E-state index is 0.168. The highest BCUT2D eigenvalue weighted by Gasteiger charge is 2.26. The molecule has 1 heterocycles. The SMILES string of the molecule is C[C@@H](CO)NCc1cnc(C2CC2)s1. The molecule has 0 aromatic carbocycles. The van der Waals surface area contributed by atoms with E-state index in [-0.39, 0.29) is 12.6 Å². The van der Waals surface area contributed by atoms with Crippen LogP contribution in [-0.4, -0.2) is 22.7 Å². The van der Waals surface area contributed by atoms with Gasteiger partial charge in [0.1, 0.15) is 0 Å². The molecule has 1 aromatic heterocycles. The quantitative estimate of drug-likeness (QED) is 0.777. The number of aromatic nitrogens is 1. The lowest BCUT2D eigenvalue weighted by atomic mass is 10.3. The van der Waals surface area contributed by atoms with Crippen molar-refractivity contribution in [1.29, 1.82) is 0 Å². The summed E-state index contributed by atoms with van der Waals surface area (Å²) in [4.78, 5) is 5.67. The third kappa shape index (κ3) is 2.53. The first-order valence-electron chi connectivity index (χ1n) is 5.08. The van der Waals surface area contributed by atoms with Crippen LogP contribution in [0.25, 0.3) is 0 Å². The van der Waals surface area contributed by atoms with Crippen LogP contribution in [-0.2, 0) is 6.54 Å². The molecule has 3 nitrogen and oxygen atoms in total. The zero-order valence-electron chi connectivity index (χ0n) is 8.36. The van der Waals surface area contributed by atoms with Crippen molar-refractivity contribution in [2.24, 2.45) is 0 Å². The first-order chi connectivity index (χ1) is 6.79. The smallest absolute Gasteiger partial charge is 0.0959 e. The molecule has 0 amide bonds. The van der Waals surface area contributed by atoms with Gasteiger partial charge in [-0.05, 0) is 19.8 Å². The zero-order chi connectivity index (χ0) is 9.97. The number of aliphatic hydroxyl groups excluding tert-OH is 1. The van der Waals surface area contributed by atoms with Crippen molar-refractivity contribution in [2.75, 3.05) is 6.61 Å². The molecule has 0 radical (unpaired) electrons. The number of thiazole rings is 1. The van der Waals surface area contributed by atoms with Crippen LogP contribution in [0.15, 0.2) is 6.20 Å². The van der Waals surface area contributed by atoms with Gasteiger partial charge in [0, 0.05) is 29.6 Å². The number of hydrogen-bond donors (Lipinski definition) is 2. The third-order valence-corrected chi connectivity index (χ3v) is 3.56. The number of nitrogens with zero attached hydrogens (tertiary/aromatic N) is 1. The number of rotatable bonds is 5. The summed E-state index contributed by atoms with van der Waals surface area (Å²) in [5, 5.41) is 13.4. The van der Waals surface area contributed by atoms with Gasteiger partial charge in [-0.2, -0.15) is 0 Å². The highest BCUT2D eigenvalue weighted by molar-refractivity contribution is 7.11. The van der Waals surface area contributed by atoms with Crippen LogP contribution in [0.1, 0.15) is 35.6 Å². The van der Waals surface area contributed by atoms with E-state index in [9.17, 15) is 0 Å². The molecule has 1 aliphatic rings. The molecule has 0 aliphatic heterocycles. The van der Waals surface area contributed by atoms with Crippen molar-refractivity contribution >= 4 is 11.3 Å². The molecule has 0 bridgehead atoms. The van der Waals surface area contributed by atoms with Gasteiger partial charge in [0.05, 0.1) is 11.6 Å². The lowest BCUT2D eigenvalue weighted by Crippen LogP contribution is -2.28. The molecule has 1 aromatic rings. The van der Waals surface area contributed by atoms with Crippen molar-refractivity contribution in [3.05, 3.63) is 16.1 Å². The van der Waals surface area contributed by atoms with Crippen LogP contribution < -0.4 is 5.32 Å². The highest BCUT2D eigenvalue weighted by atomic mass is 32.1. The Labute approximate surface area is 88.2 Å². The average Bonchev–Trinajstić information content (AvgIpc) is 2.95. The van der Waals surface area contributed by atoms with Gasteiger partial charge in [-0.25, -0.2) is 4.98 Å². The Kier molecular flexibility index (Phi) is 3.15. The number of hydrogen-bond acceptors (Lipinski definition) is 4. The molecule has 1 atom stereocenters. The van der Waals surface area contributed by atoms with Crippen LogP contribution in [0.2, 0.25) is 0 Å². The Morgan fingerprint density at radius 2 is 2.50 bits per heavy atom. The monoisotopic (exact) mass is 212 g/mol. The van der Waals surface area contributed by atoms with Crippen molar-refractivity contribution in [3.8, 4) is 0 Å². The van der Waals surface area contributed by atoms with E-state index < -0.39 is 0 Å². The predicted molar refractivity (Wildman–Crippen MR) is 57.5 cm³/mol. The van der Waals surface area contributed by atoms with E-state index in [4.69, 9.17) is 5.11 Å². The van der Waals surface area contributed by atoms with E-state index in [1.807, 2.05) is 13.1 Å². The maximum atomic E-state index is 8.84. The molecule has 2 N–H and O–H groups in total. The molecule has 78 valence electrons.